The molecule has 1 aliphatic rings. The monoisotopic (exact) mass is 287 g/mol. The molecule has 0 saturated carbocycles. The van der Waals surface area contributed by atoms with E-state index in [9.17, 15) is 15.2 Å². The van der Waals surface area contributed by atoms with Crippen LogP contribution in [0.5, 0.6) is 0 Å². The van der Waals surface area contributed by atoms with E-state index >= 15 is 0 Å². The van der Waals surface area contributed by atoms with Crippen LogP contribution in [0.25, 0.3) is 10.9 Å². The molecule has 0 radical (unpaired) electrons. The van der Waals surface area contributed by atoms with Gasteiger partial charge in [-0.3, -0.25) is 15.1 Å². The van der Waals surface area contributed by atoms with Gasteiger partial charge >= 0.3 is 0 Å². The molecule has 6 nitrogen and oxygen atoms in total. The molecule has 0 unspecified atom stereocenters. The number of aliphatic hydroxyl groups excluding tert-OH is 1. The average molecular weight is 287 g/mol. The quantitative estimate of drug-likeness (QED) is 0.677. The lowest BCUT2D eigenvalue weighted by Crippen LogP contribution is -2.38. The fourth-order valence-electron chi connectivity index (χ4n) is 2.87. The number of piperidine rings is 1. The third-order valence-electron chi connectivity index (χ3n) is 3.85. The largest absolute Gasteiger partial charge is 0.391 e. The van der Waals surface area contributed by atoms with Gasteiger partial charge in [-0.1, -0.05) is 0 Å². The third kappa shape index (κ3) is 2.67. The van der Waals surface area contributed by atoms with Crippen molar-refractivity contribution in [3.63, 3.8) is 0 Å². The maximum absolute atomic E-state index is 11.0. The molecule has 6 heteroatoms. The van der Waals surface area contributed by atoms with Gasteiger partial charge in [0.15, 0.2) is 0 Å². The van der Waals surface area contributed by atoms with Gasteiger partial charge in [0.05, 0.1) is 16.5 Å². The number of non-ortho nitro benzene ring substituents is 1. The minimum Gasteiger partial charge on any atom is -0.391 e. The number of β-amino-alcohol motifs (C(OH)–C–C–N with tert-alkyl or cyclic N) is 1. The van der Waals surface area contributed by atoms with Crippen molar-refractivity contribution in [3.8, 4) is 0 Å². The van der Waals surface area contributed by atoms with Gasteiger partial charge in [0, 0.05) is 42.0 Å². The summed E-state index contributed by atoms with van der Waals surface area (Å²) >= 11 is 0. The van der Waals surface area contributed by atoms with E-state index in [-0.39, 0.29) is 11.8 Å². The number of hydrogen-bond donors (Lipinski definition) is 1. The maximum Gasteiger partial charge on any atom is 0.270 e. The molecule has 1 saturated heterocycles. The number of aryl methyl sites for hydroxylation is 1. The van der Waals surface area contributed by atoms with Crippen molar-refractivity contribution < 1.29 is 10.0 Å². The zero-order valence-electron chi connectivity index (χ0n) is 11.8. The molecule has 0 spiro atoms. The van der Waals surface area contributed by atoms with Gasteiger partial charge in [0.2, 0.25) is 0 Å². The molecule has 1 aromatic heterocycles. The first-order valence-electron chi connectivity index (χ1n) is 7.03. The summed E-state index contributed by atoms with van der Waals surface area (Å²) in [6, 6.07) is 6.66. The Labute approximate surface area is 122 Å². The number of nitro benzene ring substituents is 1. The standard InChI is InChI=1S/C15H17N3O3/c1-10-7-15(17-6-2-3-12(19)9-17)13-8-11(18(20)21)4-5-14(13)16-10/h4-5,7-8,12,19H,2-3,6,9H2,1H3/t12-/m0/s1. The minimum absolute atomic E-state index is 0.0620. The highest BCUT2D eigenvalue weighted by atomic mass is 16.6. The highest BCUT2D eigenvalue weighted by Gasteiger charge is 2.21. The van der Waals surface area contributed by atoms with Crippen molar-refractivity contribution in [2.75, 3.05) is 18.0 Å². The number of aliphatic hydroxyl groups is 1. The summed E-state index contributed by atoms with van der Waals surface area (Å²) in [7, 11) is 0. The normalized spacial score (nSPS) is 19.0. The average Bonchev–Trinajstić information content (AvgIpc) is 2.45. The Kier molecular flexibility index (Phi) is 3.47. The van der Waals surface area contributed by atoms with Gasteiger partial charge in [0.1, 0.15) is 0 Å². The van der Waals surface area contributed by atoms with Gasteiger partial charge in [-0.25, -0.2) is 0 Å². The van der Waals surface area contributed by atoms with Crippen molar-refractivity contribution in [2.24, 2.45) is 0 Å². The third-order valence-corrected chi connectivity index (χ3v) is 3.85. The fraction of sp³-hybridized carbons (Fsp3) is 0.400. The molecule has 2 aromatic rings. The second-order valence-electron chi connectivity index (χ2n) is 5.48. The van der Waals surface area contributed by atoms with Crippen LogP contribution in [0.15, 0.2) is 24.3 Å². The molecule has 0 amide bonds. The minimum atomic E-state index is -0.395. The second kappa shape index (κ2) is 5.29. The Morgan fingerprint density at radius 3 is 2.95 bits per heavy atom. The van der Waals surface area contributed by atoms with Crippen LogP contribution in [0.4, 0.5) is 11.4 Å². The molecule has 1 fully saturated rings. The topological polar surface area (TPSA) is 79.5 Å². The lowest BCUT2D eigenvalue weighted by atomic mass is 10.0. The summed E-state index contributed by atoms with van der Waals surface area (Å²) in [6.07, 6.45) is 1.37. The first kappa shape index (κ1) is 13.8. The smallest absolute Gasteiger partial charge is 0.270 e. The van der Waals surface area contributed by atoms with Gasteiger partial charge in [-0.15, -0.1) is 0 Å². The second-order valence-corrected chi connectivity index (χ2v) is 5.48. The number of aromatic nitrogens is 1. The number of benzene rings is 1. The number of nitro groups is 1. The van der Waals surface area contributed by atoms with Crippen molar-refractivity contribution >= 4 is 22.3 Å². The van der Waals surface area contributed by atoms with Crippen LogP contribution in [0.3, 0.4) is 0 Å². The summed E-state index contributed by atoms with van der Waals surface area (Å²) in [4.78, 5) is 17.1. The zero-order valence-corrected chi connectivity index (χ0v) is 11.8. The van der Waals surface area contributed by atoms with Crippen LogP contribution >= 0.6 is 0 Å². The summed E-state index contributed by atoms with van der Waals surface area (Å²) in [5.74, 6) is 0. The summed E-state index contributed by atoms with van der Waals surface area (Å²) in [6.45, 7) is 3.31. The molecule has 1 N–H and O–H groups in total. The number of rotatable bonds is 2. The molecule has 0 aliphatic carbocycles. The SMILES string of the molecule is Cc1cc(N2CCC[C@H](O)C2)c2cc([N+](=O)[O-])ccc2n1. The van der Waals surface area contributed by atoms with Crippen LogP contribution in [0, 0.1) is 17.0 Å². The Bertz CT molecular complexity index is 702. The van der Waals surface area contributed by atoms with E-state index in [2.05, 4.69) is 9.88 Å². The summed E-state index contributed by atoms with van der Waals surface area (Å²) < 4.78 is 0. The first-order valence-corrected chi connectivity index (χ1v) is 7.03. The van der Waals surface area contributed by atoms with E-state index in [1.165, 1.54) is 6.07 Å². The Morgan fingerprint density at radius 1 is 1.43 bits per heavy atom. The Hall–Kier alpha value is -2.21. The van der Waals surface area contributed by atoms with Gasteiger partial charge in [-0.2, -0.15) is 0 Å². The molecule has 1 aromatic carbocycles. The van der Waals surface area contributed by atoms with Crippen LogP contribution in [0.1, 0.15) is 18.5 Å². The summed E-state index contributed by atoms with van der Waals surface area (Å²) in [5, 5.41) is 21.6. The highest BCUT2D eigenvalue weighted by Crippen LogP contribution is 2.31. The van der Waals surface area contributed by atoms with E-state index in [0.717, 1.165) is 41.7 Å². The fourth-order valence-corrected chi connectivity index (χ4v) is 2.87. The van der Waals surface area contributed by atoms with Crippen molar-refractivity contribution in [1.29, 1.82) is 0 Å². The number of pyridine rings is 1. The molecule has 2 heterocycles. The molecule has 110 valence electrons. The first-order chi connectivity index (χ1) is 10.0. The highest BCUT2D eigenvalue weighted by molar-refractivity contribution is 5.93. The van der Waals surface area contributed by atoms with Crippen LogP contribution in [-0.2, 0) is 0 Å². The number of hydrogen-bond acceptors (Lipinski definition) is 5. The van der Waals surface area contributed by atoms with Crippen LogP contribution < -0.4 is 4.90 Å². The van der Waals surface area contributed by atoms with E-state index in [1.54, 1.807) is 12.1 Å². The van der Waals surface area contributed by atoms with E-state index in [4.69, 9.17) is 0 Å². The van der Waals surface area contributed by atoms with Crippen molar-refractivity contribution in [1.82, 2.24) is 4.98 Å². The molecular formula is C15H17N3O3. The Balaban J connectivity index is 2.14. The van der Waals surface area contributed by atoms with Gasteiger partial charge in [-0.05, 0) is 31.9 Å². The van der Waals surface area contributed by atoms with Gasteiger partial charge < -0.3 is 10.0 Å². The van der Waals surface area contributed by atoms with E-state index < -0.39 is 4.92 Å². The van der Waals surface area contributed by atoms with E-state index in [1.807, 2.05) is 13.0 Å². The zero-order chi connectivity index (χ0) is 15.0. The molecule has 21 heavy (non-hydrogen) atoms. The molecule has 0 bridgehead atoms. The Morgan fingerprint density at radius 2 is 2.24 bits per heavy atom. The van der Waals surface area contributed by atoms with Gasteiger partial charge in [0.25, 0.3) is 5.69 Å². The van der Waals surface area contributed by atoms with Crippen molar-refractivity contribution in [3.05, 3.63) is 40.1 Å². The number of nitrogens with zero attached hydrogens (tertiary/aromatic N) is 3. The number of anilines is 1. The van der Waals surface area contributed by atoms with E-state index in [0.29, 0.717) is 6.54 Å². The molecule has 1 atom stereocenters. The van der Waals surface area contributed by atoms with Crippen LogP contribution in [-0.4, -0.2) is 34.2 Å². The predicted octanol–water partition coefficient (Wildman–Crippen LogP) is 2.41. The maximum atomic E-state index is 11.0. The molecule has 3 rings (SSSR count). The molecule has 1 aliphatic heterocycles. The number of fused-ring (bicyclic) bond motifs is 1. The molecular weight excluding hydrogens is 270 g/mol. The summed E-state index contributed by atoms with van der Waals surface area (Å²) in [5.41, 5.74) is 2.59. The van der Waals surface area contributed by atoms with Crippen LogP contribution in [0.2, 0.25) is 0 Å². The lowest BCUT2D eigenvalue weighted by Gasteiger charge is -2.32. The predicted molar refractivity (Wildman–Crippen MR) is 80.6 cm³/mol. The van der Waals surface area contributed by atoms with Crippen molar-refractivity contribution in [2.45, 2.75) is 25.9 Å². The lowest BCUT2D eigenvalue weighted by molar-refractivity contribution is -0.384.